The van der Waals surface area contributed by atoms with Crippen molar-refractivity contribution in [3.05, 3.63) is 22.1 Å². The summed E-state index contributed by atoms with van der Waals surface area (Å²) in [6, 6.07) is 0. The van der Waals surface area contributed by atoms with Crippen LogP contribution in [0, 0.1) is 23.0 Å². The Kier molecular flexibility index (Phi) is 7.97. The second-order valence-electron chi connectivity index (χ2n) is 5.70. The molecule has 0 bridgehead atoms. The van der Waals surface area contributed by atoms with Crippen LogP contribution in [0.15, 0.2) is 6.20 Å². The maximum atomic E-state index is 11.8. The molecule has 1 aliphatic rings. The van der Waals surface area contributed by atoms with Crippen molar-refractivity contribution in [2.24, 2.45) is 5.92 Å². The van der Waals surface area contributed by atoms with E-state index in [-0.39, 0.29) is 24.1 Å². The average Bonchev–Trinajstić information content (AvgIpc) is 2.88. The summed E-state index contributed by atoms with van der Waals surface area (Å²) < 4.78 is 1.64. The number of nitro groups is 1. The normalized spacial score (nSPS) is 17.3. The van der Waals surface area contributed by atoms with Crippen molar-refractivity contribution in [1.82, 2.24) is 20.2 Å². The van der Waals surface area contributed by atoms with Crippen LogP contribution in [0.5, 0.6) is 0 Å². The minimum atomic E-state index is -0.526. The molecule has 0 saturated carbocycles. The van der Waals surface area contributed by atoms with E-state index in [0.717, 1.165) is 19.5 Å². The van der Waals surface area contributed by atoms with Gasteiger partial charge in [0, 0.05) is 26.4 Å². The summed E-state index contributed by atoms with van der Waals surface area (Å²) in [5.74, 6) is 0.989. The van der Waals surface area contributed by atoms with E-state index >= 15 is 0 Å². The third kappa shape index (κ3) is 6.15. The molecule has 9 heteroatoms. The number of aryl methyl sites for hydroxylation is 2. The van der Waals surface area contributed by atoms with E-state index in [2.05, 4.69) is 15.6 Å². The number of imidazole rings is 1. The lowest BCUT2D eigenvalue weighted by molar-refractivity contribution is -0.389. The number of halogens is 1. The lowest BCUT2D eigenvalue weighted by Crippen LogP contribution is -2.33. The molecular weight excluding hydrogens is 322 g/mol. The molecule has 1 saturated heterocycles. The number of nitrogens with one attached hydrogen (secondary N) is 2. The van der Waals surface area contributed by atoms with Gasteiger partial charge in [-0.05, 0) is 48.2 Å². The molecule has 2 heterocycles. The number of carbonyl (C=O) groups excluding carboxylic acids is 1. The number of piperidine rings is 1. The first kappa shape index (κ1) is 19.4. The Balaban J connectivity index is 0.00000264. The van der Waals surface area contributed by atoms with Gasteiger partial charge in [0.05, 0.1) is 0 Å². The van der Waals surface area contributed by atoms with Gasteiger partial charge in [-0.15, -0.1) is 12.4 Å². The molecule has 1 amide bonds. The molecule has 0 aliphatic carbocycles. The summed E-state index contributed by atoms with van der Waals surface area (Å²) >= 11 is 0. The van der Waals surface area contributed by atoms with E-state index in [1.807, 2.05) is 0 Å². The van der Waals surface area contributed by atoms with Crippen LogP contribution in [-0.2, 0) is 11.3 Å². The van der Waals surface area contributed by atoms with E-state index in [1.165, 1.54) is 19.0 Å². The van der Waals surface area contributed by atoms with Gasteiger partial charge in [-0.3, -0.25) is 4.79 Å². The summed E-state index contributed by atoms with van der Waals surface area (Å²) in [5, 5.41) is 16.9. The highest BCUT2D eigenvalue weighted by atomic mass is 35.5. The topological polar surface area (TPSA) is 102 Å². The van der Waals surface area contributed by atoms with Crippen molar-refractivity contribution >= 4 is 24.1 Å². The Morgan fingerprint density at radius 3 is 3.00 bits per heavy atom. The second-order valence-corrected chi connectivity index (χ2v) is 5.70. The monoisotopic (exact) mass is 345 g/mol. The summed E-state index contributed by atoms with van der Waals surface area (Å²) in [6.45, 7) is 4.92. The summed E-state index contributed by atoms with van der Waals surface area (Å²) in [5.41, 5.74) is 0. The van der Waals surface area contributed by atoms with Crippen molar-refractivity contribution in [1.29, 1.82) is 0 Å². The largest absolute Gasteiger partial charge is 0.381 e. The molecular formula is C14H24ClN5O3. The van der Waals surface area contributed by atoms with Crippen LogP contribution < -0.4 is 10.6 Å². The van der Waals surface area contributed by atoms with E-state index in [0.29, 0.717) is 31.3 Å². The van der Waals surface area contributed by atoms with Crippen molar-refractivity contribution < 1.29 is 9.72 Å². The molecule has 2 N–H and O–H groups in total. The highest BCUT2D eigenvalue weighted by Crippen LogP contribution is 2.13. The number of rotatable bonds is 7. The number of amides is 1. The number of hydrogen-bond acceptors (Lipinski definition) is 5. The van der Waals surface area contributed by atoms with Crippen LogP contribution in [0.2, 0.25) is 0 Å². The smallest absolute Gasteiger partial charge is 0.358 e. The van der Waals surface area contributed by atoms with E-state index in [9.17, 15) is 14.9 Å². The van der Waals surface area contributed by atoms with Crippen molar-refractivity contribution in [3.8, 4) is 0 Å². The maximum absolute atomic E-state index is 11.8. The SMILES string of the molecule is Cc1nc([N+](=O)[O-])cn1CCC(=O)NCCC1CCCNC1.Cl. The number of hydrogen-bond donors (Lipinski definition) is 2. The first-order valence-electron chi connectivity index (χ1n) is 7.72. The predicted octanol–water partition coefficient (Wildman–Crippen LogP) is 1.42. The van der Waals surface area contributed by atoms with Crippen LogP contribution in [0.3, 0.4) is 0 Å². The Labute approximate surface area is 141 Å². The molecule has 8 nitrogen and oxygen atoms in total. The molecule has 2 rings (SSSR count). The van der Waals surface area contributed by atoms with Crippen LogP contribution in [0.1, 0.15) is 31.5 Å². The van der Waals surface area contributed by atoms with Crippen molar-refractivity contribution in [2.45, 2.75) is 39.2 Å². The van der Waals surface area contributed by atoms with Gasteiger partial charge in [0.1, 0.15) is 6.20 Å². The lowest BCUT2D eigenvalue weighted by Gasteiger charge is -2.22. The minimum Gasteiger partial charge on any atom is -0.358 e. The Hall–Kier alpha value is -1.67. The fourth-order valence-electron chi connectivity index (χ4n) is 2.70. The zero-order valence-electron chi connectivity index (χ0n) is 13.3. The summed E-state index contributed by atoms with van der Waals surface area (Å²) in [4.78, 5) is 25.8. The molecule has 0 spiro atoms. The molecule has 0 radical (unpaired) electrons. The minimum absolute atomic E-state index is 0. The van der Waals surface area contributed by atoms with Gasteiger partial charge in [0.2, 0.25) is 11.7 Å². The molecule has 130 valence electrons. The number of aromatic nitrogens is 2. The molecule has 23 heavy (non-hydrogen) atoms. The van der Waals surface area contributed by atoms with Gasteiger partial charge in [0.15, 0.2) is 0 Å². The molecule has 1 unspecified atom stereocenters. The van der Waals surface area contributed by atoms with Crippen LogP contribution in [0.25, 0.3) is 0 Å². The van der Waals surface area contributed by atoms with Gasteiger partial charge in [-0.2, -0.15) is 0 Å². The standard InChI is InChI=1S/C14H23N5O3.ClH/c1-11-17-13(19(21)22)10-18(11)8-5-14(20)16-7-4-12-3-2-6-15-9-12;/h10,12,15H,2-9H2,1H3,(H,16,20);1H. The van der Waals surface area contributed by atoms with Crippen LogP contribution >= 0.6 is 12.4 Å². The molecule has 1 atom stereocenters. The van der Waals surface area contributed by atoms with Gasteiger partial charge < -0.3 is 25.3 Å². The van der Waals surface area contributed by atoms with Crippen molar-refractivity contribution in [2.75, 3.05) is 19.6 Å². The zero-order chi connectivity index (χ0) is 15.9. The number of carbonyl (C=O) groups is 1. The highest BCUT2D eigenvalue weighted by Gasteiger charge is 2.16. The third-order valence-corrected chi connectivity index (χ3v) is 4.00. The molecule has 0 aromatic carbocycles. The van der Waals surface area contributed by atoms with Gasteiger partial charge in [-0.1, -0.05) is 0 Å². The fourth-order valence-corrected chi connectivity index (χ4v) is 2.70. The fraction of sp³-hybridized carbons (Fsp3) is 0.714. The first-order valence-corrected chi connectivity index (χ1v) is 7.72. The first-order chi connectivity index (χ1) is 10.6. The Morgan fingerprint density at radius 2 is 2.39 bits per heavy atom. The predicted molar refractivity (Wildman–Crippen MR) is 88.7 cm³/mol. The Bertz CT molecular complexity index is 528. The third-order valence-electron chi connectivity index (χ3n) is 4.00. The quantitative estimate of drug-likeness (QED) is 0.574. The average molecular weight is 346 g/mol. The maximum Gasteiger partial charge on any atom is 0.381 e. The van der Waals surface area contributed by atoms with Gasteiger partial charge >= 0.3 is 5.82 Å². The second kappa shape index (κ2) is 9.46. The lowest BCUT2D eigenvalue weighted by atomic mass is 9.96. The molecule has 1 aliphatic heterocycles. The Morgan fingerprint density at radius 1 is 1.61 bits per heavy atom. The molecule has 1 aromatic rings. The highest BCUT2D eigenvalue weighted by molar-refractivity contribution is 5.85. The summed E-state index contributed by atoms with van der Waals surface area (Å²) in [7, 11) is 0. The number of nitrogens with zero attached hydrogens (tertiary/aromatic N) is 3. The van der Waals surface area contributed by atoms with E-state index in [1.54, 1.807) is 11.5 Å². The molecule has 1 fully saturated rings. The van der Waals surface area contributed by atoms with E-state index < -0.39 is 4.92 Å². The van der Waals surface area contributed by atoms with Gasteiger partial charge in [0.25, 0.3) is 0 Å². The zero-order valence-corrected chi connectivity index (χ0v) is 14.1. The summed E-state index contributed by atoms with van der Waals surface area (Å²) in [6.07, 6.45) is 5.10. The van der Waals surface area contributed by atoms with E-state index in [4.69, 9.17) is 0 Å². The van der Waals surface area contributed by atoms with Gasteiger partial charge in [-0.25, -0.2) is 0 Å². The van der Waals surface area contributed by atoms with Crippen molar-refractivity contribution in [3.63, 3.8) is 0 Å². The van der Waals surface area contributed by atoms with Crippen LogP contribution in [-0.4, -0.2) is 40.0 Å². The van der Waals surface area contributed by atoms with Crippen LogP contribution in [0.4, 0.5) is 5.82 Å². The molecule has 1 aromatic heterocycles.